The van der Waals surface area contributed by atoms with E-state index in [2.05, 4.69) is 13.8 Å². The summed E-state index contributed by atoms with van der Waals surface area (Å²) in [5.41, 5.74) is 0. The van der Waals surface area contributed by atoms with E-state index < -0.39 is 0 Å². The molecular weight excluding hydrogens is 140 g/mol. The molecule has 2 heteroatoms. The Hall–Kier alpha value is -0.0800. The van der Waals surface area contributed by atoms with Gasteiger partial charge in [0.1, 0.15) is 0 Å². The van der Waals surface area contributed by atoms with E-state index in [-0.39, 0.29) is 6.61 Å². The number of aliphatic hydroxyl groups is 1. The molecule has 0 bridgehead atoms. The number of rotatable bonds is 2. The van der Waals surface area contributed by atoms with Crippen LogP contribution in [0.2, 0.25) is 0 Å². The van der Waals surface area contributed by atoms with Crippen molar-refractivity contribution in [1.29, 1.82) is 0 Å². The van der Waals surface area contributed by atoms with Crippen LogP contribution in [0.4, 0.5) is 0 Å². The molecule has 0 saturated carbocycles. The summed E-state index contributed by atoms with van der Waals surface area (Å²) in [4.78, 5) is 0. The third-order valence-electron chi connectivity index (χ3n) is 2.60. The van der Waals surface area contributed by atoms with Crippen LogP contribution in [0, 0.1) is 5.92 Å². The predicted octanol–water partition coefficient (Wildman–Crippen LogP) is 1.57. The first-order valence-corrected chi connectivity index (χ1v) is 4.50. The maximum absolute atomic E-state index is 8.69. The van der Waals surface area contributed by atoms with Crippen LogP contribution in [0.1, 0.15) is 33.1 Å². The van der Waals surface area contributed by atoms with E-state index >= 15 is 0 Å². The fourth-order valence-electron chi connectivity index (χ4n) is 1.55. The zero-order chi connectivity index (χ0) is 8.27. The highest BCUT2D eigenvalue weighted by atomic mass is 16.5. The van der Waals surface area contributed by atoms with Crippen LogP contribution >= 0.6 is 0 Å². The van der Waals surface area contributed by atoms with Gasteiger partial charge in [-0.15, -0.1) is 0 Å². The van der Waals surface area contributed by atoms with Gasteiger partial charge in [-0.3, -0.25) is 0 Å². The lowest BCUT2D eigenvalue weighted by atomic mass is 9.93. The van der Waals surface area contributed by atoms with Gasteiger partial charge in [-0.1, -0.05) is 6.92 Å². The summed E-state index contributed by atoms with van der Waals surface area (Å²) >= 11 is 0. The predicted molar refractivity (Wildman–Crippen MR) is 44.4 cm³/mol. The molecule has 1 aliphatic heterocycles. The minimum absolute atomic E-state index is 0.256. The summed E-state index contributed by atoms with van der Waals surface area (Å²) in [5.74, 6) is 0.685. The first-order chi connectivity index (χ1) is 5.24. The smallest absolute Gasteiger partial charge is 0.0600 e. The molecule has 0 aliphatic carbocycles. The Kier molecular flexibility index (Phi) is 3.34. The van der Waals surface area contributed by atoms with E-state index in [0.29, 0.717) is 18.1 Å². The van der Waals surface area contributed by atoms with Crippen LogP contribution in [0.15, 0.2) is 0 Å². The van der Waals surface area contributed by atoms with Crippen LogP contribution in [0.5, 0.6) is 0 Å². The van der Waals surface area contributed by atoms with Gasteiger partial charge in [0, 0.05) is 6.61 Å². The Morgan fingerprint density at radius 3 is 2.64 bits per heavy atom. The van der Waals surface area contributed by atoms with Gasteiger partial charge >= 0.3 is 0 Å². The summed E-state index contributed by atoms with van der Waals surface area (Å²) < 4.78 is 5.68. The van der Waals surface area contributed by atoms with Crippen molar-refractivity contribution in [3.05, 3.63) is 0 Å². The molecule has 1 N–H and O–H groups in total. The Labute approximate surface area is 68.6 Å². The molecule has 11 heavy (non-hydrogen) atoms. The molecule has 0 aromatic carbocycles. The summed E-state index contributed by atoms with van der Waals surface area (Å²) in [6.45, 7) is 4.60. The molecule has 0 radical (unpaired) electrons. The fraction of sp³-hybridized carbons (Fsp3) is 1.00. The lowest BCUT2D eigenvalue weighted by Crippen LogP contribution is -2.32. The first-order valence-electron chi connectivity index (χ1n) is 4.50. The second-order valence-electron chi connectivity index (χ2n) is 3.53. The van der Waals surface area contributed by atoms with Crippen LogP contribution < -0.4 is 0 Å². The standard InChI is InChI=1S/C9H18O2/c1-7-3-4-9(5-6-10)11-8(7)2/h7-10H,3-6H2,1-2H3. The van der Waals surface area contributed by atoms with Crippen molar-refractivity contribution in [2.75, 3.05) is 6.61 Å². The average molecular weight is 158 g/mol. The highest BCUT2D eigenvalue weighted by Gasteiger charge is 2.24. The molecule has 1 rings (SSSR count). The molecule has 1 heterocycles. The molecule has 0 spiro atoms. The summed E-state index contributed by atoms with van der Waals surface area (Å²) in [6.07, 6.45) is 3.85. The quantitative estimate of drug-likeness (QED) is 0.661. The zero-order valence-corrected chi connectivity index (χ0v) is 7.42. The van der Waals surface area contributed by atoms with Gasteiger partial charge in [0.15, 0.2) is 0 Å². The van der Waals surface area contributed by atoms with Gasteiger partial charge < -0.3 is 9.84 Å². The highest BCUT2D eigenvalue weighted by molar-refractivity contribution is 4.72. The first kappa shape index (κ1) is 9.01. The fourth-order valence-corrected chi connectivity index (χ4v) is 1.55. The average Bonchev–Trinajstić information content (AvgIpc) is 1.98. The van der Waals surface area contributed by atoms with Crippen molar-refractivity contribution in [3.8, 4) is 0 Å². The second-order valence-corrected chi connectivity index (χ2v) is 3.53. The van der Waals surface area contributed by atoms with E-state index in [1.807, 2.05) is 0 Å². The largest absolute Gasteiger partial charge is 0.396 e. The van der Waals surface area contributed by atoms with Crippen LogP contribution in [0.3, 0.4) is 0 Å². The monoisotopic (exact) mass is 158 g/mol. The Morgan fingerprint density at radius 2 is 2.09 bits per heavy atom. The van der Waals surface area contributed by atoms with Gasteiger partial charge in [-0.05, 0) is 32.1 Å². The van der Waals surface area contributed by atoms with E-state index in [1.54, 1.807) is 0 Å². The third-order valence-corrected chi connectivity index (χ3v) is 2.60. The van der Waals surface area contributed by atoms with Crippen molar-refractivity contribution in [2.45, 2.75) is 45.3 Å². The molecule has 3 atom stereocenters. The molecule has 1 saturated heterocycles. The summed E-state index contributed by atoms with van der Waals surface area (Å²) in [5, 5.41) is 8.69. The summed E-state index contributed by atoms with van der Waals surface area (Å²) in [7, 11) is 0. The maximum atomic E-state index is 8.69. The number of ether oxygens (including phenoxy) is 1. The topological polar surface area (TPSA) is 29.5 Å². The van der Waals surface area contributed by atoms with Crippen molar-refractivity contribution in [2.24, 2.45) is 5.92 Å². The van der Waals surface area contributed by atoms with Gasteiger partial charge in [0.05, 0.1) is 12.2 Å². The molecule has 66 valence electrons. The molecule has 0 amide bonds. The van der Waals surface area contributed by atoms with Gasteiger partial charge in [-0.2, -0.15) is 0 Å². The van der Waals surface area contributed by atoms with Crippen LogP contribution in [0.25, 0.3) is 0 Å². The molecule has 0 aromatic rings. The minimum atomic E-state index is 0.256. The SMILES string of the molecule is CC1CCC(CCO)OC1C. The molecular formula is C9H18O2. The number of hydrogen-bond acceptors (Lipinski definition) is 2. The lowest BCUT2D eigenvalue weighted by molar-refractivity contribution is -0.0760. The lowest BCUT2D eigenvalue weighted by Gasteiger charge is -2.32. The maximum Gasteiger partial charge on any atom is 0.0600 e. The zero-order valence-electron chi connectivity index (χ0n) is 7.42. The highest BCUT2D eigenvalue weighted by Crippen LogP contribution is 2.25. The van der Waals surface area contributed by atoms with Crippen molar-refractivity contribution in [1.82, 2.24) is 0 Å². The number of hydrogen-bond donors (Lipinski definition) is 1. The van der Waals surface area contributed by atoms with Crippen molar-refractivity contribution < 1.29 is 9.84 Å². The van der Waals surface area contributed by atoms with Crippen molar-refractivity contribution >= 4 is 0 Å². The molecule has 3 unspecified atom stereocenters. The molecule has 2 nitrogen and oxygen atoms in total. The molecule has 1 aliphatic rings. The van der Waals surface area contributed by atoms with Gasteiger partial charge in [-0.25, -0.2) is 0 Å². The Morgan fingerprint density at radius 1 is 1.36 bits per heavy atom. The minimum Gasteiger partial charge on any atom is -0.396 e. The second kappa shape index (κ2) is 4.07. The van der Waals surface area contributed by atoms with Crippen molar-refractivity contribution in [3.63, 3.8) is 0 Å². The molecule has 1 fully saturated rings. The van der Waals surface area contributed by atoms with Crippen LogP contribution in [-0.4, -0.2) is 23.9 Å². The van der Waals surface area contributed by atoms with E-state index in [9.17, 15) is 0 Å². The van der Waals surface area contributed by atoms with Gasteiger partial charge in [0.25, 0.3) is 0 Å². The van der Waals surface area contributed by atoms with E-state index in [4.69, 9.17) is 9.84 Å². The van der Waals surface area contributed by atoms with Gasteiger partial charge in [0.2, 0.25) is 0 Å². The Bertz CT molecular complexity index is 114. The number of aliphatic hydroxyl groups excluding tert-OH is 1. The van der Waals surface area contributed by atoms with E-state index in [0.717, 1.165) is 12.8 Å². The van der Waals surface area contributed by atoms with Crippen LogP contribution in [-0.2, 0) is 4.74 Å². The molecule has 0 aromatic heterocycles. The summed E-state index contributed by atoms with van der Waals surface area (Å²) in [6, 6.07) is 0. The Balaban J connectivity index is 2.28. The van der Waals surface area contributed by atoms with E-state index in [1.165, 1.54) is 6.42 Å². The normalized spacial score (nSPS) is 39.0. The third kappa shape index (κ3) is 2.46.